The van der Waals surface area contributed by atoms with E-state index in [0.717, 1.165) is 35.0 Å². The number of fused-ring (bicyclic) bond motifs is 3. The Labute approximate surface area is 158 Å². The lowest BCUT2D eigenvalue weighted by molar-refractivity contribution is 0.373. The Morgan fingerprint density at radius 3 is 2.92 bits per heavy atom. The second-order valence-electron chi connectivity index (χ2n) is 6.23. The fraction of sp³-hybridized carbons (Fsp3) is 0.263. The normalized spacial score (nSPS) is 14.1. The molecule has 0 radical (unpaired) electrons. The predicted molar refractivity (Wildman–Crippen MR) is 105 cm³/mol. The summed E-state index contributed by atoms with van der Waals surface area (Å²) in [4.78, 5) is 22.1. The van der Waals surface area contributed by atoms with Crippen LogP contribution in [0.4, 0.5) is 0 Å². The summed E-state index contributed by atoms with van der Waals surface area (Å²) in [6.45, 7) is 0. The number of halogens is 1. The molecule has 0 fully saturated rings. The summed E-state index contributed by atoms with van der Waals surface area (Å²) in [7, 11) is 1.46. The van der Waals surface area contributed by atoms with E-state index in [2.05, 4.69) is 9.97 Å². The van der Waals surface area contributed by atoms with Crippen molar-refractivity contribution in [2.45, 2.75) is 25.7 Å². The number of H-pyrrole nitrogens is 1. The standard InChI is InChI=1S/C19H17ClN2O3S/c1-25-13-9-10(8-12(20)17(13)23)6-7-15-21-18(24)16-11-4-2-3-5-14(11)26-19(16)22-15/h6-9,23H,2-5H2,1H3,(H,21,22,24)/b7-6+. The highest BCUT2D eigenvalue weighted by atomic mass is 35.5. The average molecular weight is 389 g/mol. The summed E-state index contributed by atoms with van der Waals surface area (Å²) in [6, 6.07) is 3.29. The maximum atomic E-state index is 12.5. The predicted octanol–water partition coefficient (Wildman–Crippen LogP) is 4.40. The minimum atomic E-state index is -0.0940. The Morgan fingerprint density at radius 2 is 2.12 bits per heavy atom. The van der Waals surface area contributed by atoms with E-state index in [-0.39, 0.29) is 16.3 Å². The molecular weight excluding hydrogens is 372 g/mol. The van der Waals surface area contributed by atoms with Gasteiger partial charge in [-0.15, -0.1) is 11.3 Å². The van der Waals surface area contributed by atoms with Crippen molar-refractivity contribution in [3.8, 4) is 11.5 Å². The zero-order valence-corrected chi connectivity index (χ0v) is 15.7. The molecule has 2 N–H and O–H groups in total. The number of rotatable bonds is 3. The summed E-state index contributed by atoms with van der Waals surface area (Å²) >= 11 is 7.63. The van der Waals surface area contributed by atoms with Gasteiger partial charge >= 0.3 is 0 Å². The third kappa shape index (κ3) is 2.99. The molecule has 0 spiro atoms. The number of methoxy groups -OCH3 is 1. The molecule has 26 heavy (non-hydrogen) atoms. The van der Waals surface area contributed by atoms with Crippen LogP contribution in [0.15, 0.2) is 16.9 Å². The highest BCUT2D eigenvalue weighted by molar-refractivity contribution is 7.18. The van der Waals surface area contributed by atoms with Gasteiger partial charge < -0.3 is 14.8 Å². The number of hydrogen-bond donors (Lipinski definition) is 2. The number of ether oxygens (including phenoxy) is 1. The van der Waals surface area contributed by atoms with E-state index in [4.69, 9.17) is 16.3 Å². The molecule has 134 valence electrons. The Bertz CT molecular complexity index is 1080. The molecule has 0 aliphatic heterocycles. The van der Waals surface area contributed by atoms with Gasteiger partial charge in [-0.2, -0.15) is 0 Å². The number of phenolic OH excluding ortho intramolecular Hbond substituents is 1. The molecule has 2 aromatic heterocycles. The fourth-order valence-corrected chi connectivity index (χ4v) is 4.77. The summed E-state index contributed by atoms with van der Waals surface area (Å²) < 4.78 is 5.10. The number of aromatic nitrogens is 2. The molecule has 0 saturated carbocycles. The van der Waals surface area contributed by atoms with E-state index in [1.54, 1.807) is 35.6 Å². The van der Waals surface area contributed by atoms with Crippen molar-refractivity contribution in [2.75, 3.05) is 7.11 Å². The van der Waals surface area contributed by atoms with Gasteiger partial charge in [0.2, 0.25) is 0 Å². The van der Waals surface area contributed by atoms with Gasteiger partial charge in [0.15, 0.2) is 11.5 Å². The van der Waals surface area contributed by atoms with Gasteiger partial charge in [0.1, 0.15) is 10.7 Å². The number of aromatic hydroxyl groups is 1. The van der Waals surface area contributed by atoms with Crippen LogP contribution in [0.5, 0.6) is 11.5 Å². The number of aryl methyl sites for hydroxylation is 2. The summed E-state index contributed by atoms with van der Waals surface area (Å²) in [6.07, 6.45) is 7.79. The van der Waals surface area contributed by atoms with Gasteiger partial charge in [0, 0.05) is 4.88 Å². The van der Waals surface area contributed by atoms with Gasteiger partial charge in [-0.1, -0.05) is 17.7 Å². The Kier molecular flexibility index (Phi) is 4.46. The van der Waals surface area contributed by atoms with E-state index in [0.29, 0.717) is 11.6 Å². The molecule has 3 aromatic rings. The van der Waals surface area contributed by atoms with Crippen molar-refractivity contribution < 1.29 is 9.84 Å². The zero-order valence-electron chi connectivity index (χ0n) is 14.1. The molecule has 4 rings (SSSR count). The first-order valence-electron chi connectivity index (χ1n) is 8.36. The van der Waals surface area contributed by atoms with Gasteiger partial charge in [-0.3, -0.25) is 4.79 Å². The lowest BCUT2D eigenvalue weighted by Gasteiger charge is -2.09. The van der Waals surface area contributed by atoms with Crippen LogP contribution in [0.3, 0.4) is 0 Å². The van der Waals surface area contributed by atoms with Crippen molar-refractivity contribution in [1.29, 1.82) is 0 Å². The second-order valence-corrected chi connectivity index (χ2v) is 7.72. The maximum Gasteiger partial charge on any atom is 0.260 e. The van der Waals surface area contributed by atoms with E-state index in [9.17, 15) is 9.90 Å². The minimum Gasteiger partial charge on any atom is -0.503 e. The summed E-state index contributed by atoms with van der Waals surface area (Å²) in [5, 5.41) is 10.7. The minimum absolute atomic E-state index is 0.0876. The first-order chi connectivity index (χ1) is 12.6. The van der Waals surface area contributed by atoms with Gasteiger partial charge in [-0.05, 0) is 55.0 Å². The Balaban J connectivity index is 1.73. The zero-order chi connectivity index (χ0) is 18.3. The van der Waals surface area contributed by atoms with Crippen molar-refractivity contribution in [3.63, 3.8) is 0 Å². The summed E-state index contributed by atoms with van der Waals surface area (Å²) in [5.74, 6) is 0.688. The van der Waals surface area contributed by atoms with Crippen LogP contribution in [-0.4, -0.2) is 22.2 Å². The van der Waals surface area contributed by atoms with E-state index in [1.807, 2.05) is 0 Å². The first-order valence-corrected chi connectivity index (χ1v) is 9.55. The Morgan fingerprint density at radius 1 is 1.31 bits per heavy atom. The number of nitrogens with one attached hydrogen (secondary N) is 1. The number of hydrogen-bond acceptors (Lipinski definition) is 5. The van der Waals surface area contributed by atoms with Crippen LogP contribution in [0.25, 0.3) is 22.4 Å². The largest absolute Gasteiger partial charge is 0.503 e. The molecule has 7 heteroatoms. The number of nitrogens with zero attached hydrogens (tertiary/aromatic N) is 1. The van der Waals surface area contributed by atoms with Gasteiger partial charge in [-0.25, -0.2) is 4.98 Å². The second kappa shape index (κ2) is 6.78. The van der Waals surface area contributed by atoms with Crippen LogP contribution in [0.1, 0.15) is 34.7 Å². The van der Waals surface area contributed by atoms with Gasteiger partial charge in [0.05, 0.1) is 17.5 Å². The highest BCUT2D eigenvalue weighted by Gasteiger charge is 2.19. The number of thiophene rings is 1. The number of aromatic amines is 1. The lowest BCUT2D eigenvalue weighted by atomic mass is 9.97. The average Bonchev–Trinajstić information content (AvgIpc) is 3.01. The topological polar surface area (TPSA) is 75.2 Å². The summed E-state index contributed by atoms with van der Waals surface area (Å²) in [5.41, 5.74) is 1.82. The third-order valence-corrected chi connectivity index (χ3v) is 6.02. The maximum absolute atomic E-state index is 12.5. The van der Waals surface area contributed by atoms with Crippen LogP contribution >= 0.6 is 22.9 Å². The monoisotopic (exact) mass is 388 g/mol. The number of benzene rings is 1. The molecule has 0 bridgehead atoms. The molecule has 0 saturated heterocycles. The molecule has 1 aromatic carbocycles. The molecule has 0 atom stereocenters. The van der Waals surface area contributed by atoms with E-state index in [1.165, 1.54) is 24.0 Å². The van der Waals surface area contributed by atoms with E-state index < -0.39 is 0 Å². The van der Waals surface area contributed by atoms with Crippen molar-refractivity contribution >= 4 is 45.3 Å². The molecular formula is C19H17ClN2O3S. The molecule has 5 nitrogen and oxygen atoms in total. The number of phenols is 1. The van der Waals surface area contributed by atoms with Crippen molar-refractivity contribution in [3.05, 3.63) is 49.3 Å². The molecule has 1 aliphatic rings. The molecule has 2 heterocycles. The molecule has 1 aliphatic carbocycles. The van der Waals surface area contributed by atoms with Crippen molar-refractivity contribution in [1.82, 2.24) is 9.97 Å². The van der Waals surface area contributed by atoms with Crippen LogP contribution in [0, 0.1) is 0 Å². The van der Waals surface area contributed by atoms with Crippen molar-refractivity contribution in [2.24, 2.45) is 0 Å². The van der Waals surface area contributed by atoms with Crippen LogP contribution < -0.4 is 10.3 Å². The smallest absolute Gasteiger partial charge is 0.260 e. The van der Waals surface area contributed by atoms with Crippen LogP contribution in [0.2, 0.25) is 5.02 Å². The van der Waals surface area contributed by atoms with Gasteiger partial charge in [0.25, 0.3) is 5.56 Å². The highest BCUT2D eigenvalue weighted by Crippen LogP contribution is 2.36. The SMILES string of the molecule is COc1cc(/C=C/c2nc3sc4c(c3c(=O)[nH]2)CCCC4)cc(Cl)c1O. The lowest BCUT2D eigenvalue weighted by Crippen LogP contribution is -2.11. The fourth-order valence-electron chi connectivity index (χ4n) is 3.28. The van der Waals surface area contributed by atoms with Crippen LogP contribution in [-0.2, 0) is 12.8 Å². The Hall–Kier alpha value is -2.31. The van der Waals surface area contributed by atoms with E-state index >= 15 is 0 Å². The third-order valence-electron chi connectivity index (χ3n) is 4.55. The molecule has 0 amide bonds. The quantitative estimate of drug-likeness (QED) is 0.697. The molecule has 0 unspecified atom stereocenters. The first kappa shape index (κ1) is 17.1.